The van der Waals surface area contributed by atoms with Crippen LogP contribution in [0.2, 0.25) is 0 Å². The van der Waals surface area contributed by atoms with E-state index in [2.05, 4.69) is 64.4 Å². The van der Waals surface area contributed by atoms with Crippen LogP contribution in [0.15, 0.2) is 60.7 Å². The molecule has 2 aliphatic heterocycles. The summed E-state index contributed by atoms with van der Waals surface area (Å²) in [5, 5.41) is 8.73. The van der Waals surface area contributed by atoms with Gasteiger partial charge in [-0.05, 0) is 49.9 Å². The van der Waals surface area contributed by atoms with Crippen LogP contribution in [0.25, 0.3) is 0 Å². The molecule has 170 valence electrons. The van der Waals surface area contributed by atoms with E-state index in [-0.39, 0.29) is 5.97 Å². The fraction of sp³-hybridized carbons (Fsp3) is 0.481. The number of nitrogens with zero attached hydrogens (tertiary/aromatic N) is 3. The van der Waals surface area contributed by atoms with Crippen molar-refractivity contribution in [1.82, 2.24) is 9.80 Å². The first kappa shape index (κ1) is 24.0. The maximum Gasteiger partial charge on any atom is 0.307 e. The molecule has 4 rings (SSSR count). The number of methoxy groups -OCH3 is 1. The van der Waals surface area contributed by atoms with Crippen LogP contribution in [-0.4, -0.2) is 48.1 Å². The Morgan fingerprint density at radius 1 is 0.906 bits per heavy atom. The molecule has 2 unspecified atom stereocenters. The second kappa shape index (κ2) is 13.0. The van der Waals surface area contributed by atoms with Crippen molar-refractivity contribution in [2.45, 2.75) is 63.7 Å². The second-order valence-corrected chi connectivity index (χ2v) is 8.65. The van der Waals surface area contributed by atoms with E-state index in [0.717, 1.165) is 32.6 Å². The number of ether oxygens (including phenoxy) is 1. The van der Waals surface area contributed by atoms with E-state index >= 15 is 0 Å². The highest BCUT2D eigenvalue weighted by molar-refractivity contribution is 5.69. The van der Waals surface area contributed by atoms with Crippen molar-refractivity contribution in [2.24, 2.45) is 0 Å². The largest absolute Gasteiger partial charge is 0.469 e. The topological polar surface area (TPSA) is 56.6 Å². The Hall–Kier alpha value is -2.68. The van der Waals surface area contributed by atoms with Gasteiger partial charge in [0.05, 0.1) is 26.0 Å². The summed E-state index contributed by atoms with van der Waals surface area (Å²) in [6.45, 7) is 4.15. The smallest absolute Gasteiger partial charge is 0.307 e. The first-order valence-corrected chi connectivity index (χ1v) is 11.7. The number of carbonyl (C=O) groups is 1. The number of esters is 1. The van der Waals surface area contributed by atoms with Gasteiger partial charge in [0, 0.05) is 25.2 Å². The Morgan fingerprint density at radius 2 is 1.41 bits per heavy atom. The lowest BCUT2D eigenvalue weighted by atomic mass is 10.1. The monoisotopic (exact) mass is 433 g/mol. The van der Waals surface area contributed by atoms with Crippen LogP contribution < -0.4 is 0 Å². The summed E-state index contributed by atoms with van der Waals surface area (Å²) >= 11 is 0. The Bertz CT molecular complexity index is 850. The molecule has 5 heteroatoms. The van der Waals surface area contributed by atoms with Gasteiger partial charge in [-0.3, -0.25) is 14.6 Å². The van der Waals surface area contributed by atoms with E-state index in [1.54, 1.807) is 0 Å². The zero-order valence-electron chi connectivity index (χ0n) is 19.2. The Balaban J connectivity index is 0.000000182. The van der Waals surface area contributed by atoms with E-state index in [4.69, 9.17) is 10.00 Å². The minimum absolute atomic E-state index is 0.102. The van der Waals surface area contributed by atoms with Crippen molar-refractivity contribution < 1.29 is 9.53 Å². The quantitative estimate of drug-likeness (QED) is 0.588. The highest BCUT2D eigenvalue weighted by Crippen LogP contribution is 2.23. The summed E-state index contributed by atoms with van der Waals surface area (Å²) in [6.07, 6.45) is 5.88. The second-order valence-electron chi connectivity index (χ2n) is 8.65. The lowest BCUT2D eigenvalue weighted by Crippen LogP contribution is -2.31. The highest BCUT2D eigenvalue weighted by atomic mass is 16.5. The number of rotatable bonds is 7. The summed E-state index contributed by atoms with van der Waals surface area (Å²) in [6, 6.07) is 24.0. The average molecular weight is 434 g/mol. The molecule has 2 heterocycles. The lowest BCUT2D eigenvalue weighted by Gasteiger charge is -2.23. The van der Waals surface area contributed by atoms with Crippen LogP contribution in [0.5, 0.6) is 0 Å². The van der Waals surface area contributed by atoms with Gasteiger partial charge in [-0.15, -0.1) is 0 Å². The molecule has 2 aromatic rings. The third-order valence-corrected chi connectivity index (χ3v) is 6.41. The van der Waals surface area contributed by atoms with Crippen molar-refractivity contribution in [1.29, 1.82) is 5.26 Å². The van der Waals surface area contributed by atoms with Crippen molar-refractivity contribution in [3.05, 3.63) is 71.8 Å². The van der Waals surface area contributed by atoms with E-state index in [9.17, 15) is 4.79 Å². The summed E-state index contributed by atoms with van der Waals surface area (Å²) in [5.41, 5.74) is 2.66. The Morgan fingerprint density at radius 3 is 1.91 bits per heavy atom. The fourth-order valence-corrected chi connectivity index (χ4v) is 4.69. The summed E-state index contributed by atoms with van der Waals surface area (Å²) in [4.78, 5) is 16.1. The normalized spacial score (nSPS) is 20.9. The molecule has 0 amide bonds. The summed E-state index contributed by atoms with van der Waals surface area (Å²) in [7, 11) is 1.46. The first-order chi connectivity index (χ1) is 15.7. The number of nitriles is 1. The zero-order chi connectivity index (χ0) is 22.6. The van der Waals surface area contributed by atoms with E-state index in [1.165, 1.54) is 37.5 Å². The molecule has 0 aromatic heterocycles. The molecular weight excluding hydrogens is 398 g/mol. The molecule has 0 bridgehead atoms. The number of benzene rings is 2. The van der Waals surface area contributed by atoms with E-state index < -0.39 is 0 Å². The number of carbonyl (C=O) groups excluding carboxylic acids is 1. The van der Waals surface area contributed by atoms with Gasteiger partial charge in [0.25, 0.3) is 0 Å². The van der Waals surface area contributed by atoms with Crippen LogP contribution >= 0.6 is 0 Å². The maximum atomic E-state index is 11.3. The van der Waals surface area contributed by atoms with Crippen LogP contribution in [0.3, 0.4) is 0 Å². The lowest BCUT2D eigenvalue weighted by molar-refractivity contribution is -0.141. The number of hydrogen-bond donors (Lipinski definition) is 0. The van der Waals surface area contributed by atoms with Gasteiger partial charge in [0.1, 0.15) is 0 Å². The standard InChI is InChI=1S/C14H19NO2.C13H16N2/c1-17-14(16)10-13-8-5-9-15(13)11-12-6-3-2-4-7-12;14-9-8-13-7-4-10-15(13)11-12-5-2-1-3-6-12/h2-4,6-7,13H,5,8-11H2,1H3;1-3,5-6,13H,4,7-8,10-11H2. The summed E-state index contributed by atoms with van der Waals surface area (Å²) in [5.74, 6) is -0.102. The van der Waals surface area contributed by atoms with E-state index in [1.807, 2.05) is 12.1 Å². The van der Waals surface area contributed by atoms with Crippen molar-refractivity contribution in [3.8, 4) is 6.07 Å². The molecule has 0 N–H and O–H groups in total. The van der Waals surface area contributed by atoms with Crippen LogP contribution in [0.1, 0.15) is 49.7 Å². The minimum Gasteiger partial charge on any atom is -0.469 e. The molecule has 2 fully saturated rings. The van der Waals surface area contributed by atoms with Crippen LogP contribution in [0.4, 0.5) is 0 Å². The van der Waals surface area contributed by atoms with Gasteiger partial charge in [0.15, 0.2) is 0 Å². The third kappa shape index (κ3) is 7.47. The van der Waals surface area contributed by atoms with Gasteiger partial charge >= 0.3 is 5.97 Å². The van der Waals surface area contributed by atoms with Crippen molar-refractivity contribution in [2.75, 3.05) is 20.2 Å². The first-order valence-electron chi connectivity index (χ1n) is 11.7. The van der Waals surface area contributed by atoms with E-state index in [0.29, 0.717) is 24.9 Å². The minimum atomic E-state index is -0.102. The molecule has 0 saturated carbocycles. The molecule has 2 aliphatic rings. The van der Waals surface area contributed by atoms with Gasteiger partial charge in [-0.1, -0.05) is 60.7 Å². The third-order valence-electron chi connectivity index (χ3n) is 6.41. The molecule has 0 spiro atoms. The van der Waals surface area contributed by atoms with Gasteiger partial charge in [-0.2, -0.15) is 5.26 Å². The van der Waals surface area contributed by atoms with Crippen LogP contribution in [0, 0.1) is 11.3 Å². The predicted octanol–water partition coefficient (Wildman–Crippen LogP) is 4.78. The number of likely N-dealkylation sites (tertiary alicyclic amines) is 2. The van der Waals surface area contributed by atoms with Crippen molar-refractivity contribution in [3.63, 3.8) is 0 Å². The van der Waals surface area contributed by atoms with Gasteiger partial charge in [-0.25, -0.2) is 0 Å². The summed E-state index contributed by atoms with van der Waals surface area (Å²) < 4.78 is 4.75. The van der Waals surface area contributed by atoms with Gasteiger partial charge < -0.3 is 4.74 Å². The maximum absolute atomic E-state index is 11.3. The zero-order valence-corrected chi connectivity index (χ0v) is 19.2. The highest BCUT2D eigenvalue weighted by Gasteiger charge is 2.27. The molecule has 5 nitrogen and oxygen atoms in total. The Labute approximate surface area is 192 Å². The fourth-order valence-electron chi connectivity index (χ4n) is 4.69. The average Bonchev–Trinajstić information content (AvgIpc) is 3.45. The molecule has 0 radical (unpaired) electrons. The Kier molecular flexibility index (Phi) is 9.74. The predicted molar refractivity (Wildman–Crippen MR) is 127 cm³/mol. The molecule has 2 aromatic carbocycles. The molecule has 2 atom stereocenters. The molecule has 2 saturated heterocycles. The van der Waals surface area contributed by atoms with Crippen molar-refractivity contribution >= 4 is 5.97 Å². The molecule has 32 heavy (non-hydrogen) atoms. The van der Waals surface area contributed by atoms with Crippen LogP contribution in [-0.2, 0) is 22.6 Å². The SMILES string of the molecule is COC(=O)CC1CCCN1Cc1ccccc1.N#CCC1CCCN1Cc1ccccc1. The number of hydrogen-bond acceptors (Lipinski definition) is 5. The van der Waals surface area contributed by atoms with Gasteiger partial charge in [0.2, 0.25) is 0 Å². The molecule has 0 aliphatic carbocycles. The molecular formula is C27H35N3O2.